The van der Waals surface area contributed by atoms with Crippen molar-refractivity contribution in [3.63, 3.8) is 0 Å². The molecule has 0 spiro atoms. The van der Waals surface area contributed by atoms with Gasteiger partial charge in [0.2, 0.25) is 17.2 Å². The van der Waals surface area contributed by atoms with Gasteiger partial charge in [-0.3, -0.25) is 0 Å². The minimum Gasteiger partial charge on any atom is -0.368 e. The van der Waals surface area contributed by atoms with Crippen LogP contribution in [0.3, 0.4) is 0 Å². The summed E-state index contributed by atoms with van der Waals surface area (Å²) < 4.78 is 0. The van der Waals surface area contributed by atoms with E-state index in [1.807, 2.05) is 0 Å². The Morgan fingerprint density at radius 1 is 1.41 bits per heavy atom. The topological polar surface area (TPSA) is 80.0 Å². The molecule has 17 heavy (non-hydrogen) atoms. The summed E-state index contributed by atoms with van der Waals surface area (Å²) in [6, 6.07) is 0.514. The van der Waals surface area contributed by atoms with Crippen LogP contribution in [0.1, 0.15) is 19.3 Å². The van der Waals surface area contributed by atoms with Crippen LogP contribution in [-0.2, 0) is 0 Å². The molecule has 0 bridgehead atoms. The Bertz CT molecular complexity index is 365. The maximum Gasteiger partial charge on any atom is 0.228 e. The van der Waals surface area contributed by atoms with Crippen LogP contribution < -0.4 is 11.1 Å². The van der Waals surface area contributed by atoms with Crippen LogP contribution in [0.25, 0.3) is 0 Å². The number of likely N-dealkylation sites (N-methyl/N-ethyl adjacent to an activating group) is 1. The third kappa shape index (κ3) is 3.41. The van der Waals surface area contributed by atoms with Crippen molar-refractivity contribution < 1.29 is 0 Å². The van der Waals surface area contributed by atoms with Crippen molar-refractivity contribution in [3.8, 4) is 0 Å². The van der Waals surface area contributed by atoms with E-state index in [0.717, 1.165) is 13.1 Å². The predicted molar refractivity (Wildman–Crippen MR) is 68.0 cm³/mol. The van der Waals surface area contributed by atoms with Crippen molar-refractivity contribution in [3.05, 3.63) is 5.28 Å². The molecule has 0 aliphatic carbocycles. The molecular weight excluding hydrogens is 240 g/mol. The van der Waals surface area contributed by atoms with Crippen molar-refractivity contribution in [2.45, 2.75) is 25.3 Å². The number of hydrogen-bond donors (Lipinski definition) is 2. The van der Waals surface area contributed by atoms with Crippen LogP contribution in [0.15, 0.2) is 0 Å². The van der Waals surface area contributed by atoms with Crippen molar-refractivity contribution in [2.75, 3.05) is 31.2 Å². The van der Waals surface area contributed by atoms with E-state index in [4.69, 9.17) is 17.3 Å². The third-order valence-corrected chi connectivity index (χ3v) is 3.21. The zero-order valence-electron chi connectivity index (χ0n) is 9.86. The molecule has 1 saturated heterocycles. The molecular formula is C10H17ClN6. The number of aromatic nitrogens is 3. The SMILES string of the molecule is CN1CCCCC1CNc1nc(N)nc(Cl)n1. The highest BCUT2D eigenvalue weighted by atomic mass is 35.5. The monoisotopic (exact) mass is 256 g/mol. The average molecular weight is 257 g/mol. The smallest absolute Gasteiger partial charge is 0.228 e. The lowest BCUT2D eigenvalue weighted by Crippen LogP contribution is -2.41. The van der Waals surface area contributed by atoms with E-state index < -0.39 is 0 Å². The molecule has 1 fully saturated rings. The number of rotatable bonds is 3. The Balaban J connectivity index is 1.92. The molecule has 7 heteroatoms. The van der Waals surface area contributed by atoms with E-state index in [1.54, 1.807) is 0 Å². The number of anilines is 2. The van der Waals surface area contributed by atoms with Crippen molar-refractivity contribution in [1.29, 1.82) is 0 Å². The summed E-state index contributed by atoms with van der Waals surface area (Å²) in [6.07, 6.45) is 3.74. The highest BCUT2D eigenvalue weighted by molar-refractivity contribution is 6.28. The van der Waals surface area contributed by atoms with Crippen molar-refractivity contribution >= 4 is 23.5 Å². The van der Waals surface area contributed by atoms with Gasteiger partial charge in [-0.2, -0.15) is 15.0 Å². The van der Waals surface area contributed by atoms with E-state index in [1.165, 1.54) is 19.3 Å². The molecule has 1 aromatic rings. The summed E-state index contributed by atoms with van der Waals surface area (Å²) in [6.45, 7) is 1.95. The third-order valence-electron chi connectivity index (χ3n) is 3.04. The van der Waals surface area contributed by atoms with Gasteiger partial charge in [-0.05, 0) is 38.0 Å². The van der Waals surface area contributed by atoms with Gasteiger partial charge in [-0.25, -0.2) is 0 Å². The highest BCUT2D eigenvalue weighted by Gasteiger charge is 2.18. The van der Waals surface area contributed by atoms with Gasteiger partial charge in [0, 0.05) is 12.6 Å². The molecule has 1 aliphatic heterocycles. The number of halogens is 1. The molecule has 2 rings (SSSR count). The van der Waals surface area contributed by atoms with Crippen LogP contribution in [-0.4, -0.2) is 46.0 Å². The van der Waals surface area contributed by atoms with E-state index in [0.29, 0.717) is 12.0 Å². The van der Waals surface area contributed by atoms with Crippen molar-refractivity contribution in [1.82, 2.24) is 19.9 Å². The normalized spacial score (nSPS) is 21.4. The summed E-state index contributed by atoms with van der Waals surface area (Å²) in [5.74, 6) is 0.589. The molecule has 3 N–H and O–H groups in total. The van der Waals surface area contributed by atoms with Gasteiger partial charge in [0.15, 0.2) is 0 Å². The van der Waals surface area contributed by atoms with Gasteiger partial charge in [-0.1, -0.05) is 6.42 Å². The van der Waals surface area contributed by atoms with Crippen LogP contribution >= 0.6 is 11.6 Å². The minimum absolute atomic E-state index is 0.122. The molecule has 0 radical (unpaired) electrons. The lowest BCUT2D eigenvalue weighted by molar-refractivity contribution is 0.194. The fraction of sp³-hybridized carbons (Fsp3) is 0.700. The number of nitrogens with two attached hydrogens (primary N) is 1. The van der Waals surface area contributed by atoms with E-state index in [2.05, 4.69) is 32.2 Å². The first-order chi connectivity index (χ1) is 8.15. The first-order valence-electron chi connectivity index (χ1n) is 5.76. The van der Waals surface area contributed by atoms with E-state index in [-0.39, 0.29) is 11.2 Å². The second kappa shape index (κ2) is 5.46. The number of nitrogens with zero attached hydrogens (tertiary/aromatic N) is 4. The molecule has 6 nitrogen and oxygen atoms in total. The molecule has 1 unspecified atom stereocenters. The Hall–Kier alpha value is -1.14. The molecule has 0 amide bonds. The maximum atomic E-state index is 5.71. The number of likely N-dealkylation sites (tertiary alicyclic amines) is 1. The number of nitrogen functional groups attached to an aromatic ring is 1. The molecule has 1 aliphatic rings. The van der Waals surface area contributed by atoms with Gasteiger partial charge in [0.05, 0.1) is 0 Å². The van der Waals surface area contributed by atoms with Gasteiger partial charge in [0.25, 0.3) is 0 Å². The number of hydrogen-bond acceptors (Lipinski definition) is 6. The zero-order chi connectivity index (χ0) is 12.3. The summed E-state index contributed by atoms with van der Waals surface area (Å²) in [5.41, 5.74) is 5.50. The Morgan fingerprint density at radius 2 is 2.24 bits per heavy atom. The Morgan fingerprint density at radius 3 is 2.94 bits per heavy atom. The molecule has 1 atom stereocenters. The van der Waals surface area contributed by atoms with Crippen LogP contribution in [0, 0.1) is 0 Å². The molecule has 0 aromatic carbocycles. The summed E-state index contributed by atoms with van der Waals surface area (Å²) in [5, 5.41) is 3.28. The fourth-order valence-corrected chi connectivity index (χ4v) is 2.22. The highest BCUT2D eigenvalue weighted by Crippen LogP contribution is 2.15. The molecule has 94 valence electrons. The van der Waals surface area contributed by atoms with Gasteiger partial charge in [-0.15, -0.1) is 0 Å². The molecule has 2 heterocycles. The molecule has 1 aromatic heterocycles. The lowest BCUT2D eigenvalue weighted by Gasteiger charge is -2.32. The zero-order valence-corrected chi connectivity index (χ0v) is 10.6. The molecule has 0 saturated carbocycles. The van der Waals surface area contributed by atoms with Crippen LogP contribution in [0.2, 0.25) is 5.28 Å². The van der Waals surface area contributed by atoms with Gasteiger partial charge >= 0.3 is 0 Å². The van der Waals surface area contributed by atoms with Crippen LogP contribution in [0.5, 0.6) is 0 Å². The second-order valence-electron chi connectivity index (χ2n) is 4.30. The van der Waals surface area contributed by atoms with Crippen LogP contribution in [0.4, 0.5) is 11.9 Å². The fourth-order valence-electron chi connectivity index (χ4n) is 2.06. The van der Waals surface area contributed by atoms with Crippen molar-refractivity contribution in [2.24, 2.45) is 0 Å². The van der Waals surface area contributed by atoms with E-state index in [9.17, 15) is 0 Å². The Kier molecular flexibility index (Phi) is 3.96. The summed E-state index contributed by atoms with van der Waals surface area (Å²) in [7, 11) is 2.14. The number of nitrogens with one attached hydrogen (secondary N) is 1. The summed E-state index contributed by atoms with van der Waals surface area (Å²) >= 11 is 5.71. The summed E-state index contributed by atoms with van der Waals surface area (Å²) in [4.78, 5) is 14.0. The first kappa shape index (κ1) is 12.3. The first-order valence-corrected chi connectivity index (χ1v) is 6.14. The quantitative estimate of drug-likeness (QED) is 0.840. The lowest BCUT2D eigenvalue weighted by atomic mass is 10.0. The van der Waals surface area contributed by atoms with E-state index >= 15 is 0 Å². The minimum atomic E-state index is 0.122. The van der Waals surface area contributed by atoms with Gasteiger partial charge in [0.1, 0.15) is 0 Å². The van der Waals surface area contributed by atoms with Gasteiger partial charge < -0.3 is 16.0 Å². The number of piperidine rings is 1. The predicted octanol–water partition coefficient (Wildman–Crippen LogP) is 1.00. The largest absolute Gasteiger partial charge is 0.368 e. The standard InChI is InChI=1S/C10H17ClN6/c1-17-5-3-2-4-7(17)6-13-10-15-8(11)14-9(12)16-10/h7H,2-6H2,1H3,(H3,12,13,14,15,16). The average Bonchev–Trinajstić information content (AvgIpc) is 2.27. The Labute approximate surface area is 106 Å². The second-order valence-corrected chi connectivity index (χ2v) is 4.64. The maximum absolute atomic E-state index is 5.71.